The summed E-state index contributed by atoms with van der Waals surface area (Å²) in [5.74, 6) is -0.208. The van der Waals surface area contributed by atoms with Crippen LogP contribution in [0.4, 0.5) is 5.13 Å². The summed E-state index contributed by atoms with van der Waals surface area (Å²) in [6.07, 6.45) is 0. The first-order valence-corrected chi connectivity index (χ1v) is 14.8. The number of anilines is 1. The molecule has 0 aliphatic carbocycles. The Labute approximate surface area is 229 Å². The first kappa shape index (κ1) is 27.9. The number of rotatable bonds is 10. The summed E-state index contributed by atoms with van der Waals surface area (Å²) in [4.78, 5) is 22.4. The van der Waals surface area contributed by atoms with Gasteiger partial charge in [0.2, 0.25) is 10.0 Å². The standard InChI is InChI=1S/C29H34N4O3S2/c1-6-32(20-23-10-8-7-9-11-23)38(35,36)25-15-13-24(14-16-25)28(34)33(19-18-31(4)5)29-30-27-22(3)21(2)12-17-26(27)37-29/h7-17H,6,18-20H2,1-5H3. The molecule has 0 radical (unpaired) electrons. The number of fused-ring (bicyclic) bond motifs is 1. The highest BCUT2D eigenvalue weighted by molar-refractivity contribution is 7.89. The van der Waals surface area contributed by atoms with Crippen molar-refractivity contribution in [1.29, 1.82) is 0 Å². The van der Waals surface area contributed by atoms with Gasteiger partial charge in [0.15, 0.2) is 5.13 Å². The Morgan fingerprint density at radius 2 is 1.61 bits per heavy atom. The zero-order chi connectivity index (χ0) is 27.4. The lowest BCUT2D eigenvalue weighted by atomic mass is 10.1. The molecule has 0 saturated heterocycles. The minimum absolute atomic E-state index is 0.165. The molecule has 4 aromatic rings. The van der Waals surface area contributed by atoms with Crippen molar-refractivity contribution in [2.24, 2.45) is 0 Å². The second-order valence-electron chi connectivity index (χ2n) is 9.55. The van der Waals surface area contributed by atoms with Crippen LogP contribution in [0.3, 0.4) is 0 Å². The molecule has 0 saturated carbocycles. The fourth-order valence-corrected chi connectivity index (χ4v) is 6.63. The molecule has 0 N–H and O–H groups in total. The summed E-state index contributed by atoms with van der Waals surface area (Å²) in [6, 6.07) is 19.9. The summed E-state index contributed by atoms with van der Waals surface area (Å²) in [5.41, 5.74) is 4.51. The monoisotopic (exact) mass is 550 g/mol. The van der Waals surface area contributed by atoms with Crippen LogP contribution in [0.2, 0.25) is 0 Å². The number of likely N-dealkylation sites (N-methyl/N-ethyl adjacent to an activating group) is 1. The molecule has 7 nitrogen and oxygen atoms in total. The number of carbonyl (C=O) groups is 1. The molecule has 0 aliphatic heterocycles. The molecule has 4 rings (SSSR count). The molecule has 0 atom stereocenters. The van der Waals surface area contributed by atoms with Crippen molar-refractivity contribution in [3.63, 3.8) is 0 Å². The number of carbonyl (C=O) groups excluding carboxylic acids is 1. The normalized spacial score (nSPS) is 12.0. The molecular formula is C29H34N4O3S2. The van der Waals surface area contributed by atoms with E-state index in [0.717, 1.165) is 26.9 Å². The maximum atomic E-state index is 13.7. The zero-order valence-corrected chi connectivity index (χ0v) is 24.1. The molecule has 1 amide bonds. The Bertz CT molecular complexity index is 1510. The number of thiazole rings is 1. The zero-order valence-electron chi connectivity index (χ0n) is 22.5. The number of aryl methyl sites for hydroxylation is 2. The maximum Gasteiger partial charge on any atom is 0.260 e. The van der Waals surface area contributed by atoms with E-state index in [1.54, 1.807) is 17.0 Å². The SMILES string of the molecule is CCN(Cc1ccccc1)S(=O)(=O)c1ccc(C(=O)N(CCN(C)C)c2nc3c(C)c(C)ccc3s2)cc1. The van der Waals surface area contributed by atoms with E-state index in [1.165, 1.54) is 27.8 Å². The van der Waals surface area contributed by atoms with E-state index < -0.39 is 10.0 Å². The summed E-state index contributed by atoms with van der Waals surface area (Å²) in [5, 5.41) is 0.636. The summed E-state index contributed by atoms with van der Waals surface area (Å²) >= 11 is 1.49. The fourth-order valence-electron chi connectivity index (χ4n) is 4.14. The summed E-state index contributed by atoms with van der Waals surface area (Å²) < 4.78 is 29.2. The van der Waals surface area contributed by atoms with E-state index in [9.17, 15) is 13.2 Å². The highest BCUT2D eigenvalue weighted by Gasteiger charge is 2.26. The number of hydrogen-bond donors (Lipinski definition) is 0. The number of sulfonamides is 1. The van der Waals surface area contributed by atoms with Crippen molar-refractivity contribution in [3.8, 4) is 0 Å². The minimum atomic E-state index is -3.72. The summed E-state index contributed by atoms with van der Waals surface area (Å²) in [7, 11) is 0.202. The molecule has 1 aromatic heterocycles. The van der Waals surface area contributed by atoms with Gasteiger partial charge in [-0.1, -0.05) is 54.7 Å². The Morgan fingerprint density at radius 1 is 0.921 bits per heavy atom. The highest BCUT2D eigenvalue weighted by Crippen LogP contribution is 2.32. The molecule has 1 heterocycles. The predicted molar refractivity (Wildman–Crippen MR) is 155 cm³/mol. The van der Waals surface area contributed by atoms with Crippen LogP contribution in [0.1, 0.15) is 34.0 Å². The lowest BCUT2D eigenvalue weighted by Gasteiger charge is -2.23. The van der Waals surface area contributed by atoms with Crippen LogP contribution < -0.4 is 4.90 Å². The average Bonchev–Trinajstić information content (AvgIpc) is 3.34. The third-order valence-electron chi connectivity index (χ3n) is 6.61. The van der Waals surface area contributed by atoms with Crippen LogP contribution in [0.5, 0.6) is 0 Å². The lowest BCUT2D eigenvalue weighted by Crippen LogP contribution is -2.36. The van der Waals surface area contributed by atoms with Gasteiger partial charge < -0.3 is 4.90 Å². The van der Waals surface area contributed by atoms with E-state index in [-0.39, 0.29) is 17.3 Å². The molecule has 0 fully saturated rings. The van der Waals surface area contributed by atoms with Crippen LogP contribution in [-0.2, 0) is 16.6 Å². The van der Waals surface area contributed by atoms with Crippen LogP contribution in [-0.4, -0.2) is 62.2 Å². The van der Waals surface area contributed by atoms with Crippen molar-refractivity contribution in [3.05, 3.63) is 89.0 Å². The van der Waals surface area contributed by atoms with E-state index >= 15 is 0 Å². The topological polar surface area (TPSA) is 73.8 Å². The van der Waals surface area contributed by atoms with Crippen molar-refractivity contribution in [2.45, 2.75) is 32.2 Å². The number of benzene rings is 3. The largest absolute Gasteiger partial charge is 0.308 e. The first-order valence-electron chi connectivity index (χ1n) is 12.6. The van der Waals surface area contributed by atoms with Gasteiger partial charge in [-0.3, -0.25) is 9.69 Å². The van der Waals surface area contributed by atoms with Crippen LogP contribution in [0, 0.1) is 13.8 Å². The Morgan fingerprint density at radius 3 is 2.24 bits per heavy atom. The lowest BCUT2D eigenvalue weighted by molar-refractivity contribution is 0.0985. The quantitative estimate of drug-likeness (QED) is 0.267. The Hall–Kier alpha value is -3.11. The van der Waals surface area contributed by atoms with Gasteiger partial charge in [0.25, 0.3) is 5.91 Å². The van der Waals surface area contributed by atoms with Crippen molar-refractivity contribution >= 4 is 42.6 Å². The molecule has 0 aliphatic rings. The third-order valence-corrected chi connectivity index (χ3v) is 9.59. The van der Waals surface area contributed by atoms with Gasteiger partial charge in [-0.2, -0.15) is 4.31 Å². The van der Waals surface area contributed by atoms with Gasteiger partial charge in [0, 0.05) is 31.7 Å². The molecule has 0 spiro atoms. The van der Waals surface area contributed by atoms with Gasteiger partial charge in [0.1, 0.15) is 0 Å². The van der Waals surface area contributed by atoms with Gasteiger partial charge in [-0.15, -0.1) is 0 Å². The first-order chi connectivity index (χ1) is 18.1. The maximum absolute atomic E-state index is 13.7. The highest BCUT2D eigenvalue weighted by atomic mass is 32.2. The van der Waals surface area contributed by atoms with E-state index in [4.69, 9.17) is 4.98 Å². The Kier molecular flexibility index (Phi) is 8.62. The molecule has 0 bridgehead atoms. The van der Waals surface area contributed by atoms with Crippen molar-refractivity contribution in [2.75, 3.05) is 38.6 Å². The predicted octanol–water partition coefficient (Wildman–Crippen LogP) is 5.33. The van der Waals surface area contributed by atoms with Gasteiger partial charge in [-0.25, -0.2) is 13.4 Å². The van der Waals surface area contributed by atoms with Crippen molar-refractivity contribution < 1.29 is 13.2 Å². The molecule has 0 unspecified atom stereocenters. The number of nitrogens with zero attached hydrogens (tertiary/aromatic N) is 4. The molecular weight excluding hydrogens is 516 g/mol. The minimum Gasteiger partial charge on any atom is -0.308 e. The second kappa shape index (κ2) is 11.7. The molecule has 38 heavy (non-hydrogen) atoms. The molecule has 9 heteroatoms. The third kappa shape index (κ3) is 5.96. The molecule has 200 valence electrons. The van der Waals surface area contributed by atoms with Crippen LogP contribution >= 0.6 is 11.3 Å². The number of hydrogen-bond acceptors (Lipinski definition) is 6. The van der Waals surface area contributed by atoms with E-state index in [1.807, 2.05) is 69.2 Å². The average molecular weight is 551 g/mol. The second-order valence-corrected chi connectivity index (χ2v) is 12.5. The Balaban J connectivity index is 1.62. The smallest absolute Gasteiger partial charge is 0.260 e. The van der Waals surface area contributed by atoms with Gasteiger partial charge in [0.05, 0.1) is 15.1 Å². The van der Waals surface area contributed by atoms with E-state index in [2.05, 4.69) is 13.0 Å². The van der Waals surface area contributed by atoms with Crippen molar-refractivity contribution in [1.82, 2.24) is 14.2 Å². The number of aromatic nitrogens is 1. The van der Waals surface area contributed by atoms with Gasteiger partial charge in [-0.05, 0) is 75.0 Å². The number of amides is 1. The molecule has 3 aromatic carbocycles. The van der Waals surface area contributed by atoms with Crippen LogP contribution in [0.25, 0.3) is 10.2 Å². The van der Waals surface area contributed by atoms with E-state index in [0.29, 0.717) is 30.3 Å². The summed E-state index contributed by atoms with van der Waals surface area (Å²) in [6.45, 7) is 7.67. The fraction of sp³-hybridized carbons (Fsp3) is 0.310. The van der Waals surface area contributed by atoms with Crippen LogP contribution in [0.15, 0.2) is 71.6 Å². The van der Waals surface area contributed by atoms with Gasteiger partial charge >= 0.3 is 0 Å².